The summed E-state index contributed by atoms with van der Waals surface area (Å²) in [5.41, 5.74) is 0.221. The normalized spacial score (nSPS) is 10.9. The predicted octanol–water partition coefficient (Wildman–Crippen LogP) is 3.02. The van der Waals surface area contributed by atoms with Gasteiger partial charge in [0.05, 0.1) is 5.41 Å². The van der Waals surface area contributed by atoms with E-state index in [9.17, 15) is 4.39 Å². The van der Waals surface area contributed by atoms with E-state index in [1.165, 1.54) is 6.07 Å². The first-order valence-electron chi connectivity index (χ1n) is 4.16. The van der Waals surface area contributed by atoms with Crippen molar-refractivity contribution in [1.29, 1.82) is 0 Å². The van der Waals surface area contributed by atoms with Crippen molar-refractivity contribution in [3.8, 4) is 0 Å². The molecular formula is C11H12FN. The van der Waals surface area contributed by atoms with Gasteiger partial charge in [-0.1, -0.05) is 18.2 Å². The molecule has 0 aromatic heterocycles. The fourth-order valence-corrected chi connectivity index (χ4v) is 1.29. The van der Waals surface area contributed by atoms with Gasteiger partial charge in [-0.15, -0.1) is 0 Å². The summed E-state index contributed by atoms with van der Waals surface area (Å²) in [7, 11) is 0. The third-order valence-electron chi connectivity index (χ3n) is 2.08. The summed E-state index contributed by atoms with van der Waals surface area (Å²) in [6.07, 6.45) is 0. The van der Waals surface area contributed by atoms with Gasteiger partial charge in [0.2, 0.25) is 6.54 Å². The van der Waals surface area contributed by atoms with Crippen LogP contribution in [0.5, 0.6) is 0 Å². The Kier molecular flexibility index (Phi) is 2.67. The Morgan fingerprint density at radius 1 is 1.38 bits per heavy atom. The molecule has 1 nitrogen and oxygen atoms in total. The van der Waals surface area contributed by atoms with Gasteiger partial charge in [-0.2, -0.15) is 0 Å². The lowest BCUT2D eigenvalue weighted by atomic mass is 9.84. The molecule has 0 unspecified atom stereocenters. The van der Waals surface area contributed by atoms with Crippen molar-refractivity contribution in [3.05, 3.63) is 47.1 Å². The Morgan fingerprint density at radius 3 is 2.54 bits per heavy atom. The van der Waals surface area contributed by atoms with Crippen LogP contribution in [0, 0.1) is 12.4 Å². The lowest BCUT2D eigenvalue weighted by molar-refractivity contribution is 0.513. The smallest absolute Gasteiger partial charge is 0.223 e. The number of hydrogen-bond donors (Lipinski definition) is 0. The van der Waals surface area contributed by atoms with Crippen LogP contribution >= 0.6 is 0 Å². The Balaban J connectivity index is 3.08. The summed E-state index contributed by atoms with van der Waals surface area (Å²) < 4.78 is 13.3. The SMILES string of the molecule is [C-]#[N+]CC(C)(C)c1ccccc1F. The zero-order chi connectivity index (χ0) is 9.90. The molecule has 0 atom stereocenters. The van der Waals surface area contributed by atoms with Gasteiger partial charge in [-0.3, -0.25) is 0 Å². The van der Waals surface area contributed by atoms with Crippen LogP contribution < -0.4 is 0 Å². The van der Waals surface area contributed by atoms with Crippen molar-refractivity contribution in [2.45, 2.75) is 19.3 Å². The minimum Gasteiger partial charge on any atom is -0.316 e. The zero-order valence-electron chi connectivity index (χ0n) is 7.84. The summed E-state index contributed by atoms with van der Waals surface area (Å²) in [6.45, 7) is 10.9. The molecule has 0 fully saturated rings. The van der Waals surface area contributed by atoms with Crippen molar-refractivity contribution in [2.24, 2.45) is 0 Å². The van der Waals surface area contributed by atoms with Gasteiger partial charge in [0.25, 0.3) is 0 Å². The molecule has 0 radical (unpaired) electrons. The lowest BCUT2D eigenvalue weighted by Crippen LogP contribution is -2.21. The highest BCUT2D eigenvalue weighted by Crippen LogP contribution is 2.25. The summed E-state index contributed by atoms with van der Waals surface area (Å²) >= 11 is 0. The topological polar surface area (TPSA) is 4.36 Å². The van der Waals surface area contributed by atoms with Crippen LogP contribution in [0.2, 0.25) is 0 Å². The van der Waals surface area contributed by atoms with Gasteiger partial charge in [0.1, 0.15) is 5.82 Å². The van der Waals surface area contributed by atoms with E-state index in [2.05, 4.69) is 4.85 Å². The van der Waals surface area contributed by atoms with E-state index < -0.39 is 5.41 Å². The maximum Gasteiger partial charge on any atom is 0.223 e. The van der Waals surface area contributed by atoms with Gasteiger partial charge in [-0.05, 0) is 19.9 Å². The minimum absolute atomic E-state index is 0.226. The summed E-state index contributed by atoms with van der Waals surface area (Å²) in [6, 6.07) is 6.62. The predicted molar refractivity (Wildman–Crippen MR) is 50.9 cm³/mol. The highest BCUT2D eigenvalue weighted by atomic mass is 19.1. The van der Waals surface area contributed by atoms with Crippen molar-refractivity contribution >= 4 is 0 Å². The van der Waals surface area contributed by atoms with E-state index in [1.807, 2.05) is 13.8 Å². The Bertz CT molecular complexity index is 336. The molecule has 0 amide bonds. The van der Waals surface area contributed by atoms with Gasteiger partial charge in [-0.25, -0.2) is 11.0 Å². The molecule has 0 saturated heterocycles. The number of benzene rings is 1. The van der Waals surface area contributed by atoms with Gasteiger partial charge >= 0.3 is 0 Å². The third kappa shape index (κ3) is 2.06. The van der Waals surface area contributed by atoms with Crippen LogP contribution in [-0.4, -0.2) is 6.54 Å². The standard InChI is InChI=1S/C11H12FN/c1-11(2,8-13-3)9-6-4-5-7-10(9)12/h4-7H,8H2,1-2H3. The van der Waals surface area contributed by atoms with E-state index in [-0.39, 0.29) is 5.82 Å². The molecule has 0 aliphatic rings. The second-order valence-corrected chi connectivity index (χ2v) is 3.68. The molecule has 0 bridgehead atoms. The Morgan fingerprint density at radius 2 is 2.00 bits per heavy atom. The minimum atomic E-state index is -0.396. The number of rotatable bonds is 2. The fourth-order valence-electron chi connectivity index (χ4n) is 1.29. The first-order valence-corrected chi connectivity index (χ1v) is 4.16. The number of halogens is 1. The molecule has 0 N–H and O–H groups in total. The monoisotopic (exact) mass is 177 g/mol. The highest BCUT2D eigenvalue weighted by molar-refractivity contribution is 5.26. The average molecular weight is 177 g/mol. The molecule has 68 valence electrons. The van der Waals surface area contributed by atoms with E-state index in [0.717, 1.165) is 0 Å². The maximum absolute atomic E-state index is 13.3. The molecule has 0 heterocycles. The van der Waals surface area contributed by atoms with Crippen molar-refractivity contribution in [3.63, 3.8) is 0 Å². The van der Waals surface area contributed by atoms with Crippen LogP contribution in [0.25, 0.3) is 4.85 Å². The maximum atomic E-state index is 13.3. The Labute approximate surface area is 78.0 Å². The van der Waals surface area contributed by atoms with E-state index in [4.69, 9.17) is 6.57 Å². The summed E-state index contributed by atoms with van der Waals surface area (Å²) in [4.78, 5) is 3.31. The van der Waals surface area contributed by atoms with Crippen LogP contribution in [0.1, 0.15) is 19.4 Å². The van der Waals surface area contributed by atoms with Crippen molar-refractivity contribution < 1.29 is 4.39 Å². The fraction of sp³-hybridized carbons (Fsp3) is 0.364. The second-order valence-electron chi connectivity index (χ2n) is 3.68. The van der Waals surface area contributed by atoms with Crippen LogP contribution in [0.4, 0.5) is 4.39 Å². The molecule has 0 spiro atoms. The van der Waals surface area contributed by atoms with Crippen LogP contribution in [-0.2, 0) is 5.41 Å². The van der Waals surface area contributed by atoms with Gasteiger partial charge < -0.3 is 4.85 Å². The summed E-state index contributed by atoms with van der Waals surface area (Å²) in [5, 5.41) is 0. The molecule has 1 aromatic rings. The van der Waals surface area contributed by atoms with Crippen molar-refractivity contribution in [2.75, 3.05) is 6.54 Å². The first kappa shape index (κ1) is 9.73. The van der Waals surface area contributed by atoms with Gasteiger partial charge in [0.15, 0.2) is 0 Å². The number of nitrogens with zero attached hydrogens (tertiary/aromatic N) is 1. The first-order chi connectivity index (χ1) is 6.08. The molecular weight excluding hydrogens is 165 g/mol. The van der Waals surface area contributed by atoms with E-state index in [1.54, 1.807) is 18.2 Å². The largest absolute Gasteiger partial charge is 0.316 e. The van der Waals surface area contributed by atoms with E-state index >= 15 is 0 Å². The highest BCUT2D eigenvalue weighted by Gasteiger charge is 2.26. The number of hydrogen-bond acceptors (Lipinski definition) is 0. The zero-order valence-corrected chi connectivity index (χ0v) is 7.84. The molecule has 13 heavy (non-hydrogen) atoms. The molecule has 2 heteroatoms. The molecule has 1 rings (SSSR count). The van der Waals surface area contributed by atoms with E-state index in [0.29, 0.717) is 12.1 Å². The third-order valence-corrected chi connectivity index (χ3v) is 2.08. The quantitative estimate of drug-likeness (QED) is 0.611. The molecule has 0 aliphatic heterocycles. The van der Waals surface area contributed by atoms with Crippen molar-refractivity contribution in [1.82, 2.24) is 0 Å². The van der Waals surface area contributed by atoms with Crippen LogP contribution in [0.3, 0.4) is 0 Å². The molecule has 1 aromatic carbocycles. The second kappa shape index (κ2) is 3.57. The van der Waals surface area contributed by atoms with Gasteiger partial charge in [0, 0.05) is 5.56 Å². The Hall–Kier alpha value is -1.36. The average Bonchev–Trinajstić information content (AvgIpc) is 2.04. The molecule has 0 aliphatic carbocycles. The molecule has 0 saturated carbocycles. The van der Waals surface area contributed by atoms with Crippen LogP contribution in [0.15, 0.2) is 24.3 Å². The summed E-state index contributed by atoms with van der Waals surface area (Å²) in [5.74, 6) is -0.226. The lowest BCUT2D eigenvalue weighted by Gasteiger charge is -2.18.